The number of nitrogens with one attached hydrogen (secondary N) is 1. The van der Waals surface area contributed by atoms with E-state index >= 15 is 0 Å². The minimum Gasteiger partial charge on any atom is -0.487 e. The molecule has 1 atom stereocenters. The number of amides is 1. The molecule has 0 spiro atoms. The van der Waals surface area contributed by atoms with Gasteiger partial charge in [0.15, 0.2) is 0 Å². The molecule has 27 heavy (non-hydrogen) atoms. The van der Waals surface area contributed by atoms with Gasteiger partial charge in [0.05, 0.1) is 17.4 Å². The monoisotopic (exact) mass is 359 g/mol. The van der Waals surface area contributed by atoms with Crippen molar-refractivity contribution in [3.05, 3.63) is 96.1 Å². The van der Waals surface area contributed by atoms with Crippen molar-refractivity contribution >= 4 is 12.0 Å². The lowest BCUT2D eigenvalue weighted by molar-refractivity contribution is -0.117. The molecule has 0 fully saturated rings. The standard InChI is InChI=1S/C22H21N3O2/c1-17(21-7-3-5-15-24-21)25-22(26)13-10-18-8-11-20(12-9-18)27-16-19-6-2-4-14-23-19/h2-15,17H,16H2,1H3,(H,25,26)/b13-10+. The van der Waals surface area contributed by atoms with E-state index in [1.54, 1.807) is 18.5 Å². The highest BCUT2D eigenvalue weighted by Gasteiger charge is 2.07. The number of benzene rings is 1. The summed E-state index contributed by atoms with van der Waals surface area (Å²) in [6, 6.07) is 18.8. The van der Waals surface area contributed by atoms with Crippen molar-refractivity contribution in [1.82, 2.24) is 15.3 Å². The Balaban J connectivity index is 1.50. The Morgan fingerprint density at radius 1 is 1.04 bits per heavy atom. The number of aromatic nitrogens is 2. The Morgan fingerprint density at radius 2 is 1.78 bits per heavy atom. The molecule has 3 aromatic rings. The van der Waals surface area contributed by atoms with Crippen LogP contribution in [0.4, 0.5) is 0 Å². The average molecular weight is 359 g/mol. The average Bonchev–Trinajstić information content (AvgIpc) is 2.73. The van der Waals surface area contributed by atoms with Gasteiger partial charge in [-0.05, 0) is 55.0 Å². The Morgan fingerprint density at radius 3 is 2.44 bits per heavy atom. The maximum absolute atomic E-state index is 12.1. The molecule has 1 N–H and O–H groups in total. The van der Waals surface area contributed by atoms with Crippen molar-refractivity contribution in [3.63, 3.8) is 0 Å². The molecule has 1 aromatic carbocycles. The van der Waals surface area contributed by atoms with Crippen LogP contribution in [0, 0.1) is 0 Å². The molecule has 3 rings (SSSR count). The molecule has 2 aromatic heterocycles. The molecule has 1 unspecified atom stereocenters. The predicted molar refractivity (Wildman–Crippen MR) is 105 cm³/mol. The van der Waals surface area contributed by atoms with Gasteiger partial charge in [-0.15, -0.1) is 0 Å². The molecule has 1 amide bonds. The topological polar surface area (TPSA) is 64.1 Å². The Bertz CT molecular complexity index is 878. The van der Waals surface area contributed by atoms with Crippen LogP contribution in [-0.4, -0.2) is 15.9 Å². The highest BCUT2D eigenvalue weighted by molar-refractivity contribution is 5.91. The third-order valence-electron chi connectivity index (χ3n) is 3.91. The van der Waals surface area contributed by atoms with Gasteiger partial charge in [-0.25, -0.2) is 0 Å². The lowest BCUT2D eigenvalue weighted by Crippen LogP contribution is -2.25. The molecule has 5 heteroatoms. The maximum atomic E-state index is 12.1. The Kier molecular flexibility index (Phi) is 6.30. The highest BCUT2D eigenvalue weighted by atomic mass is 16.5. The first-order valence-electron chi connectivity index (χ1n) is 8.73. The lowest BCUT2D eigenvalue weighted by Gasteiger charge is -2.11. The highest BCUT2D eigenvalue weighted by Crippen LogP contribution is 2.15. The van der Waals surface area contributed by atoms with Crippen molar-refractivity contribution in [2.45, 2.75) is 19.6 Å². The van der Waals surface area contributed by atoms with Crippen molar-refractivity contribution < 1.29 is 9.53 Å². The zero-order valence-corrected chi connectivity index (χ0v) is 15.1. The second kappa shape index (κ2) is 9.29. The van der Waals surface area contributed by atoms with Crippen molar-refractivity contribution in [1.29, 1.82) is 0 Å². The van der Waals surface area contributed by atoms with E-state index in [2.05, 4.69) is 15.3 Å². The van der Waals surface area contributed by atoms with Crippen LogP contribution in [0.25, 0.3) is 6.08 Å². The second-order valence-corrected chi connectivity index (χ2v) is 6.00. The van der Waals surface area contributed by atoms with E-state index in [1.165, 1.54) is 6.08 Å². The molecule has 0 aliphatic rings. The molecule has 0 radical (unpaired) electrons. The normalized spacial score (nSPS) is 11.9. The fourth-order valence-corrected chi connectivity index (χ4v) is 2.46. The first-order valence-corrected chi connectivity index (χ1v) is 8.73. The number of rotatable bonds is 7. The summed E-state index contributed by atoms with van der Waals surface area (Å²) in [7, 11) is 0. The Labute approximate surface area is 158 Å². The van der Waals surface area contributed by atoms with Crippen molar-refractivity contribution in [2.24, 2.45) is 0 Å². The predicted octanol–water partition coefficient (Wildman–Crippen LogP) is 3.95. The summed E-state index contributed by atoms with van der Waals surface area (Å²) >= 11 is 0. The van der Waals surface area contributed by atoms with E-state index < -0.39 is 0 Å². The summed E-state index contributed by atoms with van der Waals surface area (Å²) in [4.78, 5) is 20.5. The number of carbonyl (C=O) groups is 1. The second-order valence-electron chi connectivity index (χ2n) is 6.00. The molecule has 136 valence electrons. The van der Waals surface area contributed by atoms with Crippen molar-refractivity contribution in [3.8, 4) is 5.75 Å². The van der Waals surface area contributed by atoms with Crippen LogP contribution in [0.15, 0.2) is 79.1 Å². The van der Waals surface area contributed by atoms with E-state index in [4.69, 9.17) is 4.74 Å². The van der Waals surface area contributed by atoms with E-state index in [1.807, 2.05) is 67.6 Å². The molecule has 0 aliphatic carbocycles. The summed E-state index contributed by atoms with van der Waals surface area (Å²) in [5.74, 6) is 0.592. The van der Waals surface area contributed by atoms with Crippen LogP contribution in [0.3, 0.4) is 0 Å². The third kappa shape index (κ3) is 5.78. The first kappa shape index (κ1) is 18.3. The summed E-state index contributed by atoms with van der Waals surface area (Å²) in [5, 5.41) is 2.90. The lowest BCUT2D eigenvalue weighted by atomic mass is 10.2. The number of ether oxygens (including phenoxy) is 1. The van der Waals surface area contributed by atoms with E-state index in [0.29, 0.717) is 6.61 Å². The molecule has 0 saturated carbocycles. The van der Waals surface area contributed by atoms with E-state index in [-0.39, 0.29) is 11.9 Å². The molecule has 0 aliphatic heterocycles. The van der Waals surface area contributed by atoms with Crippen LogP contribution < -0.4 is 10.1 Å². The van der Waals surface area contributed by atoms with Gasteiger partial charge in [0, 0.05) is 18.5 Å². The van der Waals surface area contributed by atoms with Gasteiger partial charge in [-0.3, -0.25) is 14.8 Å². The molecule has 2 heterocycles. The smallest absolute Gasteiger partial charge is 0.244 e. The van der Waals surface area contributed by atoms with Crippen LogP contribution in [0.2, 0.25) is 0 Å². The van der Waals surface area contributed by atoms with Crippen LogP contribution >= 0.6 is 0 Å². The molecule has 5 nitrogen and oxygen atoms in total. The van der Waals surface area contributed by atoms with Gasteiger partial charge in [-0.1, -0.05) is 24.3 Å². The summed E-state index contributed by atoms with van der Waals surface area (Å²) in [5.41, 5.74) is 2.62. The summed E-state index contributed by atoms with van der Waals surface area (Å²) in [6.07, 6.45) is 6.74. The Hall–Kier alpha value is -3.47. The van der Waals surface area contributed by atoms with Gasteiger partial charge in [0.1, 0.15) is 12.4 Å². The van der Waals surface area contributed by atoms with Crippen molar-refractivity contribution in [2.75, 3.05) is 0 Å². The largest absolute Gasteiger partial charge is 0.487 e. The zero-order valence-electron chi connectivity index (χ0n) is 15.1. The summed E-state index contributed by atoms with van der Waals surface area (Å²) < 4.78 is 5.70. The summed E-state index contributed by atoms with van der Waals surface area (Å²) in [6.45, 7) is 2.33. The quantitative estimate of drug-likeness (QED) is 0.649. The minimum absolute atomic E-state index is 0.147. The number of carbonyl (C=O) groups excluding carboxylic acids is 1. The van der Waals surface area contributed by atoms with Gasteiger partial charge >= 0.3 is 0 Å². The van der Waals surface area contributed by atoms with E-state index in [0.717, 1.165) is 22.7 Å². The molecule has 0 saturated heterocycles. The van der Waals surface area contributed by atoms with Crippen LogP contribution in [-0.2, 0) is 11.4 Å². The minimum atomic E-state index is -0.163. The first-order chi connectivity index (χ1) is 13.2. The zero-order chi connectivity index (χ0) is 18.9. The molecular formula is C22H21N3O2. The molecule has 0 bridgehead atoms. The van der Waals surface area contributed by atoms with E-state index in [9.17, 15) is 4.79 Å². The number of nitrogens with zero attached hydrogens (tertiary/aromatic N) is 2. The maximum Gasteiger partial charge on any atom is 0.244 e. The van der Waals surface area contributed by atoms with Gasteiger partial charge < -0.3 is 10.1 Å². The fourth-order valence-electron chi connectivity index (χ4n) is 2.46. The van der Waals surface area contributed by atoms with Gasteiger partial charge in [0.25, 0.3) is 0 Å². The SMILES string of the molecule is CC(NC(=O)/C=C/c1ccc(OCc2ccccn2)cc1)c1ccccn1. The van der Waals surface area contributed by atoms with Crippen LogP contribution in [0.5, 0.6) is 5.75 Å². The fraction of sp³-hybridized carbons (Fsp3) is 0.136. The number of hydrogen-bond donors (Lipinski definition) is 1. The third-order valence-corrected chi connectivity index (χ3v) is 3.91. The number of hydrogen-bond acceptors (Lipinski definition) is 4. The van der Waals surface area contributed by atoms with Crippen LogP contribution in [0.1, 0.15) is 29.9 Å². The van der Waals surface area contributed by atoms with Gasteiger partial charge in [-0.2, -0.15) is 0 Å². The molecular weight excluding hydrogens is 338 g/mol. The number of pyridine rings is 2. The van der Waals surface area contributed by atoms with Gasteiger partial charge in [0.2, 0.25) is 5.91 Å².